The van der Waals surface area contributed by atoms with E-state index in [2.05, 4.69) is 10.9 Å². The van der Waals surface area contributed by atoms with Gasteiger partial charge in [0.05, 0.1) is 13.2 Å². The highest BCUT2D eigenvalue weighted by Gasteiger charge is 2.05. The lowest BCUT2D eigenvalue weighted by Crippen LogP contribution is -2.19. The molecule has 14 heavy (non-hydrogen) atoms. The fourth-order valence-corrected chi connectivity index (χ4v) is 1.32. The maximum absolute atomic E-state index is 8.91. The topological polar surface area (TPSA) is 36.4 Å². The Labute approximate surface area is 84.4 Å². The molecular formula is C11H14N2O. The van der Waals surface area contributed by atoms with Crippen LogP contribution in [0.5, 0.6) is 0 Å². The van der Waals surface area contributed by atoms with Crippen LogP contribution in [0.15, 0.2) is 12.3 Å². The predicted octanol–water partition coefficient (Wildman–Crippen LogP) is 0.952. The smallest absolute Gasteiger partial charge is 0.131 e. The molecule has 0 aliphatic carbocycles. The third kappa shape index (κ3) is 2.24. The van der Waals surface area contributed by atoms with Gasteiger partial charge in [0.25, 0.3) is 0 Å². The van der Waals surface area contributed by atoms with Gasteiger partial charge >= 0.3 is 0 Å². The van der Waals surface area contributed by atoms with Gasteiger partial charge in [-0.05, 0) is 24.1 Å². The van der Waals surface area contributed by atoms with Gasteiger partial charge in [-0.3, -0.25) is 0 Å². The molecule has 1 rings (SSSR count). The first kappa shape index (κ1) is 10.6. The fourth-order valence-electron chi connectivity index (χ4n) is 1.32. The van der Waals surface area contributed by atoms with E-state index in [9.17, 15) is 0 Å². The highest BCUT2D eigenvalue weighted by atomic mass is 16.3. The molecule has 0 saturated carbocycles. The van der Waals surface area contributed by atoms with Gasteiger partial charge in [0.2, 0.25) is 0 Å². The van der Waals surface area contributed by atoms with E-state index >= 15 is 0 Å². The Morgan fingerprint density at radius 3 is 2.86 bits per heavy atom. The van der Waals surface area contributed by atoms with Crippen LogP contribution in [0.3, 0.4) is 0 Å². The first-order valence-corrected chi connectivity index (χ1v) is 4.40. The second-order valence-electron chi connectivity index (χ2n) is 3.20. The minimum atomic E-state index is 0.0208. The van der Waals surface area contributed by atoms with Crippen molar-refractivity contribution in [3.8, 4) is 12.3 Å². The van der Waals surface area contributed by atoms with E-state index in [0.717, 1.165) is 16.9 Å². The molecule has 0 radical (unpaired) electrons. The van der Waals surface area contributed by atoms with Crippen molar-refractivity contribution in [3.63, 3.8) is 0 Å². The van der Waals surface area contributed by atoms with Crippen LogP contribution in [0.4, 0.5) is 5.82 Å². The van der Waals surface area contributed by atoms with Crippen LogP contribution in [0, 0.1) is 19.3 Å². The maximum atomic E-state index is 8.91. The zero-order valence-electron chi connectivity index (χ0n) is 8.49. The minimum absolute atomic E-state index is 0.0208. The number of aromatic nitrogens is 1. The van der Waals surface area contributed by atoms with Gasteiger partial charge < -0.3 is 10.0 Å². The number of nitrogens with zero attached hydrogens (tertiary/aromatic N) is 2. The van der Waals surface area contributed by atoms with Gasteiger partial charge in [0.1, 0.15) is 5.82 Å². The highest BCUT2D eigenvalue weighted by Crippen LogP contribution is 2.16. The van der Waals surface area contributed by atoms with Crippen molar-refractivity contribution in [2.75, 3.05) is 18.5 Å². The number of aliphatic hydroxyl groups excluding tert-OH is 1. The number of hydrogen-bond acceptors (Lipinski definition) is 3. The molecule has 1 N–H and O–H groups in total. The van der Waals surface area contributed by atoms with Crippen LogP contribution < -0.4 is 4.90 Å². The normalized spacial score (nSPS) is 9.57. The number of aryl methyl sites for hydroxylation is 1. The van der Waals surface area contributed by atoms with Crippen LogP contribution in [-0.2, 0) is 6.61 Å². The lowest BCUT2D eigenvalue weighted by atomic mass is 10.2. The summed E-state index contributed by atoms with van der Waals surface area (Å²) in [7, 11) is 1.90. The van der Waals surface area contributed by atoms with Crippen molar-refractivity contribution in [2.24, 2.45) is 0 Å². The Kier molecular flexibility index (Phi) is 3.49. The van der Waals surface area contributed by atoms with Gasteiger partial charge in [0.15, 0.2) is 0 Å². The van der Waals surface area contributed by atoms with Gasteiger partial charge in [-0.25, -0.2) is 4.98 Å². The van der Waals surface area contributed by atoms with E-state index in [1.807, 2.05) is 24.9 Å². The molecule has 0 atom stereocenters. The third-order valence-electron chi connectivity index (χ3n) is 1.98. The molecule has 0 unspecified atom stereocenters. The molecule has 0 aromatic carbocycles. The average Bonchev–Trinajstić information content (AvgIpc) is 2.17. The Bertz CT molecular complexity index is 355. The van der Waals surface area contributed by atoms with E-state index in [1.165, 1.54) is 0 Å². The number of aliphatic hydroxyl groups is 1. The zero-order valence-corrected chi connectivity index (χ0v) is 8.49. The second-order valence-corrected chi connectivity index (χ2v) is 3.20. The molecule has 1 aromatic rings. The SMILES string of the molecule is C#CCN(C)c1ncc(CO)cc1C. The molecule has 3 nitrogen and oxygen atoms in total. The molecule has 0 aliphatic rings. The monoisotopic (exact) mass is 190 g/mol. The molecule has 1 heterocycles. The largest absolute Gasteiger partial charge is 0.392 e. The summed E-state index contributed by atoms with van der Waals surface area (Å²) in [5.74, 6) is 3.42. The number of rotatable bonds is 3. The fraction of sp³-hybridized carbons (Fsp3) is 0.364. The second kappa shape index (κ2) is 4.64. The van der Waals surface area contributed by atoms with Gasteiger partial charge in [0, 0.05) is 13.2 Å². The summed E-state index contributed by atoms with van der Waals surface area (Å²) < 4.78 is 0. The third-order valence-corrected chi connectivity index (χ3v) is 1.98. The molecule has 0 aliphatic heterocycles. The Hall–Kier alpha value is -1.53. The molecule has 0 saturated heterocycles. The van der Waals surface area contributed by atoms with Crippen molar-refractivity contribution in [2.45, 2.75) is 13.5 Å². The Balaban J connectivity index is 2.94. The molecule has 0 spiro atoms. The first-order valence-electron chi connectivity index (χ1n) is 4.40. The Morgan fingerprint density at radius 1 is 1.64 bits per heavy atom. The summed E-state index contributed by atoms with van der Waals surface area (Å²) in [6, 6.07) is 1.91. The maximum Gasteiger partial charge on any atom is 0.131 e. The van der Waals surface area contributed by atoms with Crippen molar-refractivity contribution in [1.82, 2.24) is 4.98 Å². The van der Waals surface area contributed by atoms with Crippen LogP contribution >= 0.6 is 0 Å². The predicted molar refractivity (Wildman–Crippen MR) is 57.0 cm³/mol. The summed E-state index contributed by atoms with van der Waals surface area (Å²) in [6.07, 6.45) is 6.88. The van der Waals surface area contributed by atoms with Crippen LogP contribution in [0.25, 0.3) is 0 Å². The molecule has 74 valence electrons. The van der Waals surface area contributed by atoms with E-state index in [-0.39, 0.29) is 6.61 Å². The van der Waals surface area contributed by atoms with Crippen molar-refractivity contribution in [3.05, 3.63) is 23.4 Å². The number of pyridine rings is 1. The standard InChI is InChI=1S/C11H14N2O/c1-4-5-13(3)11-9(2)6-10(8-14)7-12-11/h1,6-7,14H,5,8H2,2-3H3. The summed E-state index contributed by atoms with van der Waals surface area (Å²) in [4.78, 5) is 6.14. The lowest BCUT2D eigenvalue weighted by molar-refractivity contribution is 0.281. The zero-order chi connectivity index (χ0) is 10.6. The van der Waals surface area contributed by atoms with Gasteiger partial charge in [-0.2, -0.15) is 0 Å². The van der Waals surface area contributed by atoms with Gasteiger partial charge in [-0.1, -0.05) is 5.92 Å². The molecular weight excluding hydrogens is 176 g/mol. The lowest BCUT2D eigenvalue weighted by Gasteiger charge is -2.17. The minimum Gasteiger partial charge on any atom is -0.392 e. The molecule has 0 fully saturated rings. The van der Waals surface area contributed by atoms with E-state index in [0.29, 0.717) is 6.54 Å². The van der Waals surface area contributed by atoms with E-state index < -0.39 is 0 Å². The average molecular weight is 190 g/mol. The van der Waals surface area contributed by atoms with E-state index in [1.54, 1.807) is 6.20 Å². The van der Waals surface area contributed by atoms with E-state index in [4.69, 9.17) is 11.5 Å². The number of anilines is 1. The van der Waals surface area contributed by atoms with Crippen molar-refractivity contribution in [1.29, 1.82) is 0 Å². The van der Waals surface area contributed by atoms with Crippen LogP contribution in [-0.4, -0.2) is 23.7 Å². The molecule has 0 amide bonds. The summed E-state index contributed by atoms with van der Waals surface area (Å²) in [6.45, 7) is 2.51. The molecule has 0 bridgehead atoms. The highest BCUT2D eigenvalue weighted by molar-refractivity contribution is 5.47. The quantitative estimate of drug-likeness (QED) is 0.721. The first-order chi connectivity index (χ1) is 6.69. The number of terminal acetylenes is 1. The Morgan fingerprint density at radius 2 is 2.36 bits per heavy atom. The van der Waals surface area contributed by atoms with Gasteiger partial charge in [-0.15, -0.1) is 6.42 Å². The van der Waals surface area contributed by atoms with Crippen molar-refractivity contribution < 1.29 is 5.11 Å². The molecule has 3 heteroatoms. The van der Waals surface area contributed by atoms with Crippen molar-refractivity contribution >= 4 is 5.82 Å². The summed E-state index contributed by atoms with van der Waals surface area (Å²) in [5.41, 5.74) is 1.84. The number of hydrogen-bond donors (Lipinski definition) is 1. The summed E-state index contributed by atoms with van der Waals surface area (Å²) in [5, 5.41) is 8.91. The van der Waals surface area contributed by atoms with Crippen LogP contribution in [0.1, 0.15) is 11.1 Å². The van der Waals surface area contributed by atoms with Crippen LogP contribution in [0.2, 0.25) is 0 Å². The molecule has 1 aromatic heterocycles. The summed E-state index contributed by atoms with van der Waals surface area (Å²) >= 11 is 0.